The molecule has 2 aromatic rings. The molecular weight excluding hydrogens is 782 g/mol. The predicted molar refractivity (Wildman–Crippen MR) is 196 cm³/mol. The first-order chi connectivity index (χ1) is 25.7. The average Bonchev–Trinajstić information content (AvgIpc) is 3.61. The molecular formula is C41H40F12P2. The predicted octanol–water partition coefficient (Wildman–Crippen LogP) is 14.0. The van der Waals surface area contributed by atoms with Crippen molar-refractivity contribution in [2.24, 2.45) is 0 Å². The third-order valence-electron chi connectivity index (χ3n) is 11.0. The molecule has 0 aliphatic heterocycles. The first kappa shape index (κ1) is 41.8. The molecule has 2 saturated carbocycles. The molecule has 0 heterocycles. The minimum atomic E-state index is -5.30. The van der Waals surface area contributed by atoms with Crippen LogP contribution in [0.3, 0.4) is 0 Å². The molecule has 0 saturated heterocycles. The van der Waals surface area contributed by atoms with Crippen LogP contribution in [-0.2, 0) is 24.7 Å². The quantitative estimate of drug-likeness (QED) is 0.193. The summed E-state index contributed by atoms with van der Waals surface area (Å²) in [6.07, 6.45) is 3.03. The molecule has 0 aromatic heterocycles. The summed E-state index contributed by atoms with van der Waals surface area (Å²) >= 11 is 0. The van der Waals surface area contributed by atoms with E-state index >= 15 is 0 Å². The highest BCUT2D eigenvalue weighted by molar-refractivity contribution is 7.73. The Balaban J connectivity index is 1.55. The number of rotatable bonds is 7. The van der Waals surface area contributed by atoms with Gasteiger partial charge in [-0.25, -0.2) is 0 Å². The zero-order valence-corrected chi connectivity index (χ0v) is 31.6. The summed E-state index contributed by atoms with van der Waals surface area (Å²) in [6.45, 7) is 1.47. The Bertz CT molecular complexity index is 1700. The Hall–Kier alpha value is -2.84. The van der Waals surface area contributed by atoms with Gasteiger partial charge in [-0.15, -0.1) is 0 Å². The topological polar surface area (TPSA) is 0 Å². The zero-order chi connectivity index (χ0) is 39.9. The van der Waals surface area contributed by atoms with E-state index in [1.807, 2.05) is 18.2 Å². The van der Waals surface area contributed by atoms with Gasteiger partial charge >= 0.3 is 24.7 Å². The van der Waals surface area contributed by atoms with Gasteiger partial charge in [0.15, 0.2) is 0 Å². The molecule has 6 rings (SSSR count). The first-order valence-corrected chi connectivity index (χ1v) is 21.3. The van der Waals surface area contributed by atoms with Gasteiger partial charge in [0.05, 0.1) is 22.3 Å². The van der Waals surface area contributed by atoms with Gasteiger partial charge in [-0.1, -0.05) is 95.9 Å². The van der Waals surface area contributed by atoms with Gasteiger partial charge in [0.2, 0.25) is 0 Å². The Labute approximate surface area is 315 Å². The standard InChI is InChI=1S/C41H40F12P2/c1-25(34-16-10-17-35(34)36-15-8-9-18-37(36)55(30-11-4-2-5-12-30)31-13-6-3-7-14-31)54(32-21-26(38(42,43)44)19-27(22-32)39(45,46)47)33-23-28(40(48,49)50)20-29(24-33)41(51,52)53/h8-10,15-25,30-31,37H,2-7,11-14H2,1H3/t25-,37?/m1/s1. The highest BCUT2D eigenvalue weighted by Gasteiger charge is 2.43. The van der Waals surface area contributed by atoms with Crippen LogP contribution in [0.4, 0.5) is 52.7 Å². The van der Waals surface area contributed by atoms with Crippen LogP contribution in [0, 0.1) is 0 Å². The van der Waals surface area contributed by atoms with Gasteiger partial charge in [-0.2, -0.15) is 52.7 Å². The number of benzene rings is 2. The van der Waals surface area contributed by atoms with Crippen molar-refractivity contribution in [3.63, 3.8) is 0 Å². The lowest BCUT2D eigenvalue weighted by molar-refractivity contribution is -0.144. The summed E-state index contributed by atoms with van der Waals surface area (Å²) in [5, 5.41) is -1.28. The Morgan fingerprint density at radius 2 is 0.945 bits per heavy atom. The number of halogens is 12. The van der Waals surface area contributed by atoms with Crippen molar-refractivity contribution in [3.05, 3.63) is 118 Å². The van der Waals surface area contributed by atoms with Crippen LogP contribution in [0.1, 0.15) is 93.4 Å². The fourth-order valence-electron chi connectivity index (χ4n) is 8.50. The zero-order valence-electron chi connectivity index (χ0n) is 29.8. The number of hydrogen-bond acceptors (Lipinski definition) is 0. The van der Waals surface area contributed by atoms with Crippen LogP contribution in [0.15, 0.2) is 95.6 Å². The Morgan fingerprint density at radius 1 is 0.527 bits per heavy atom. The summed E-state index contributed by atoms with van der Waals surface area (Å²) < 4.78 is 170. The van der Waals surface area contributed by atoms with E-state index in [0.717, 1.165) is 69.8 Å². The van der Waals surface area contributed by atoms with E-state index in [0.29, 0.717) is 46.7 Å². The van der Waals surface area contributed by atoms with Gasteiger partial charge in [0.1, 0.15) is 0 Å². The van der Waals surface area contributed by atoms with Crippen LogP contribution < -0.4 is 10.6 Å². The highest BCUT2D eigenvalue weighted by Crippen LogP contribution is 2.62. The van der Waals surface area contributed by atoms with Crippen molar-refractivity contribution >= 4 is 26.5 Å². The largest absolute Gasteiger partial charge is 0.416 e. The van der Waals surface area contributed by atoms with E-state index in [9.17, 15) is 52.7 Å². The van der Waals surface area contributed by atoms with Crippen LogP contribution >= 0.6 is 15.8 Å². The summed E-state index contributed by atoms with van der Waals surface area (Å²) in [7, 11) is -3.39. The minimum Gasteiger partial charge on any atom is -0.166 e. The van der Waals surface area contributed by atoms with Crippen LogP contribution in [0.25, 0.3) is 0 Å². The summed E-state index contributed by atoms with van der Waals surface area (Å²) in [6, 6.07) is 1.52. The lowest BCUT2D eigenvalue weighted by Crippen LogP contribution is -2.29. The number of hydrogen-bond donors (Lipinski definition) is 0. The molecule has 0 amide bonds. The first-order valence-electron chi connectivity index (χ1n) is 18.4. The molecule has 4 aliphatic rings. The fraction of sp³-hybridized carbons (Fsp3) is 0.463. The second-order valence-electron chi connectivity index (χ2n) is 14.6. The van der Waals surface area contributed by atoms with Gasteiger partial charge in [-0.05, 0) is 109 Å². The maximum Gasteiger partial charge on any atom is 0.416 e. The monoisotopic (exact) mass is 822 g/mol. The van der Waals surface area contributed by atoms with Crippen LogP contribution in [-0.4, -0.2) is 22.6 Å². The van der Waals surface area contributed by atoms with Crippen molar-refractivity contribution < 1.29 is 52.7 Å². The average molecular weight is 823 g/mol. The molecule has 0 N–H and O–H groups in total. The summed E-state index contributed by atoms with van der Waals surface area (Å²) in [5.41, 5.74) is -4.98. The van der Waals surface area contributed by atoms with Crippen LogP contribution in [0.5, 0.6) is 0 Å². The SMILES string of the molecule is C[C@H](C1=CC=CC1=C1C=CC=CC1P(C1CCCCC1)C1CCCCC1)P(c1cc(C(F)(F)F)cc(C(F)(F)F)c1)c1cc(C(F)(F)F)cc(C(F)(F)F)c1. The van der Waals surface area contributed by atoms with Gasteiger partial charge in [0.25, 0.3) is 0 Å². The summed E-state index contributed by atoms with van der Waals surface area (Å²) in [5.74, 6) is 0. The van der Waals surface area contributed by atoms with E-state index < -0.39 is 79.1 Å². The third-order valence-corrected chi connectivity index (χ3v) is 17.5. The normalized spacial score (nSPS) is 22.6. The van der Waals surface area contributed by atoms with Crippen molar-refractivity contribution in [3.8, 4) is 0 Å². The second-order valence-corrected chi connectivity index (χ2v) is 20.1. The van der Waals surface area contributed by atoms with Crippen LogP contribution in [0.2, 0.25) is 0 Å². The van der Waals surface area contributed by atoms with E-state index in [1.165, 1.54) is 6.92 Å². The molecule has 2 atom stereocenters. The minimum absolute atomic E-state index is 0.0263. The molecule has 2 fully saturated rings. The third kappa shape index (κ3) is 9.49. The number of allylic oxidation sites excluding steroid dienone is 10. The fourth-order valence-corrected chi connectivity index (χ4v) is 15.6. The molecule has 1 unspecified atom stereocenters. The Kier molecular flexibility index (Phi) is 12.3. The maximum atomic E-state index is 14.2. The molecule has 0 bridgehead atoms. The molecule has 298 valence electrons. The van der Waals surface area contributed by atoms with Crippen molar-refractivity contribution in [2.75, 3.05) is 0 Å². The van der Waals surface area contributed by atoms with Gasteiger partial charge in [-0.3, -0.25) is 0 Å². The number of alkyl halides is 12. The van der Waals surface area contributed by atoms with Crippen molar-refractivity contribution in [1.29, 1.82) is 0 Å². The smallest absolute Gasteiger partial charge is 0.166 e. The highest BCUT2D eigenvalue weighted by atomic mass is 31.1. The van der Waals surface area contributed by atoms with E-state index in [2.05, 4.69) is 6.08 Å². The summed E-state index contributed by atoms with van der Waals surface area (Å²) in [4.78, 5) is 0. The van der Waals surface area contributed by atoms with Gasteiger partial charge < -0.3 is 0 Å². The molecule has 55 heavy (non-hydrogen) atoms. The van der Waals surface area contributed by atoms with Crippen molar-refractivity contribution in [1.82, 2.24) is 0 Å². The maximum absolute atomic E-state index is 14.2. The molecule has 14 heteroatoms. The molecule has 0 radical (unpaired) electrons. The lowest BCUT2D eigenvalue weighted by atomic mass is 9.95. The van der Waals surface area contributed by atoms with E-state index in [1.54, 1.807) is 18.2 Å². The lowest BCUT2D eigenvalue weighted by Gasteiger charge is -2.43. The Morgan fingerprint density at radius 3 is 1.35 bits per heavy atom. The van der Waals surface area contributed by atoms with Gasteiger partial charge in [0, 0.05) is 11.3 Å². The molecule has 0 nitrogen and oxygen atoms in total. The van der Waals surface area contributed by atoms with Crippen molar-refractivity contribution in [2.45, 2.75) is 118 Å². The molecule has 0 spiro atoms. The molecule has 4 aliphatic carbocycles. The molecule has 2 aromatic carbocycles. The van der Waals surface area contributed by atoms with E-state index in [4.69, 9.17) is 0 Å². The van der Waals surface area contributed by atoms with E-state index in [-0.39, 0.29) is 17.8 Å². The second kappa shape index (κ2) is 16.2.